The Balaban J connectivity index is 1.38. The van der Waals surface area contributed by atoms with Crippen LogP contribution in [0.3, 0.4) is 0 Å². The number of nitrogens with zero attached hydrogens (tertiary/aromatic N) is 2. The van der Waals surface area contributed by atoms with Gasteiger partial charge in [0.25, 0.3) is 0 Å². The zero-order chi connectivity index (χ0) is 27.9. The van der Waals surface area contributed by atoms with Gasteiger partial charge in [0.1, 0.15) is 0 Å². The molecule has 0 N–H and O–H groups in total. The van der Waals surface area contributed by atoms with Gasteiger partial charge in [-0.05, 0) is 61.6 Å². The molecule has 8 rings (SSSR count). The Morgan fingerprint density at radius 2 is 0.667 bits per heavy atom. The van der Waals surface area contributed by atoms with Gasteiger partial charge in [0, 0.05) is 16.7 Å². The molecule has 2 nitrogen and oxygen atoms in total. The summed E-state index contributed by atoms with van der Waals surface area (Å²) in [4.78, 5) is 10.2. The molecule has 42 heavy (non-hydrogen) atoms. The van der Waals surface area contributed by atoms with Gasteiger partial charge in [-0.1, -0.05) is 140 Å². The predicted molar refractivity (Wildman–Crippen MR) is 176 cm³/mol. The highest BCUT2D eigenvalue weighted by molar-refractivity contribution is 6.26. The van der Waals surface area contributed by atoms with Gasteiger partial charge < -0.3 is 0 Å². The molecule has 0 bridgehead atoms. The topological polar surface area (TPSA) is 25.8 Å². The largest absolute Gasteiger partial charge is 0.228 e. The van der Waals surface area contributed by atoms with E-state index >= 15 is 0 Å². The van der Waals surface area contributed by atoms with Gasteiger partial charge in [-0.15, -0.1) is 0 Å². The molecule has 1 heterocycles. The first-order valence-corrected chi connectivity index (χ1v) is 14.3. The zero-order valence-electron chi connectivity index (χ0n) is 22.9. The zero-order valence-corrected chi connectivity index (χ0v) is 22.9. The molecular formula is C40H26N2. The van der Waals surface area contributed by atoms with Gasteiger partial charge in [0.05, 0.1) is 11.4 Å². The summed E-state index contributed by atoms with van der Waals surface area (Å²) in [6, 6.07) is 55.6. The number of rotatable bonds is 4. The summed E-state index contributed by atoms with van der Waals surface area (Å²) >= 11 is 0. The predicted octanol–water partition coefficient (Wildman–Crippen LogP) is 10.6. The van der Waals surface area contributed by atoms with E-state index in [1.54, 1.807) is 0 Å². The molecule has 196 valence electrons. The van der Waals surface area contributed by atoms with Crippen LogP contribution in [-0.2, 0) is 0 Å². The number of benzene rings is 7. The summed E-state index contributed by atoms with van der Waals surface area (Å²) < 4.78 is 0. The third-order valence-electron chi connectivity index (χ3n) is 8.07. The fourth-order valence-corrected chi connectivity index (χ4v) is 6.00. The Kier molecular flexibility index (Phi) is 5.82. The maximum absolute atomic E-state index is 5.09. The second-order valence-electron chi connectivity index (χ2n) is 10.6. The quantitative estimate of drug-likeness (QED) is 0.210. The average molecular weight is 535 g/mol. The lowest BCUT2D eigenvalue weighted by Gasteiger charge is -2.14. The van der Waals surface area contributed by atoms with Crippen molar-refractivity contribution in [3.63, 3.8) is 0 Å². The van der Waals surface area contributed by atoms with Crippen molar-refractivity contribution < 1.29 is 0 Å². The summed E-state index contributed by atoms with van der Waals surface area (Å²) in [6.45, 7) is 0. The number of fused-ring (bicyclic) bond motifs is 6. The molecule has 0 unspecified atom stereocenters. The van der Waals surface area contributed by atoms with Crippen molar-refractivity contribution in [2.75, 3.05) is 0 Å². The van der Waals surface area contributed by atoms with Gasteiger partial charge in [0.15, 0.2) is 5.82 Å². The molecule has 1 aromatic heterocycles. The van der Waals surface area contributed by atoms with Crippen molar-refractivity contribution in [1.29, 1.82) is 0 Å². The van der Waals surface area contributed by atoms with Crippen molar-refractivity contribution >= 4 is 32.3 Å². The first-order valence-electron chi connectivity index (χ1n) is 14.3. The Morgan fingerprint density at radius 1 is 0.262 bits per heavy atom. The fourth-order valence-electron chi connectivity index (χ4n) is 6.00. The van der Waals surface area contributed by atoms with Crippen LogP contribution in [-0.4, -0.2) is 9.97 Å². The van der Waals surface area contributed by atoms with Crippen LogP contribution < -0.4 is 0 Å². The number of hydrogen-bond acceptors (Lipinski definition) is 2. The average Bonchev–Trinajstić information content (AvgIpc) is 3.09. The molecule has 8 aromatic rings. The maximum Gasteiger partial charge on any atom is 0.160 e. The number of hydrogen-bond donors (Lipinski definition) is 0. The molecule has 0 fully saturated rings. The lowest BCUT2D eigenvalue weighted by Crippen LogP contribution is -1.96. The molecule has 0 saturated heterocycles. The van der Waals surface area contributed by atoms with E-state index in [4.69, 9.17) is 9.97 Å². The third kappa shape index (κ3) is 4.22. The van der Waals surface area contributed by atoms with Crippen LogP contribution in [0, 0.1) is 0 Å². The van der Waals surface area contributed by atoms with E-state index in [9.17, 15) is 0 Å². The highest BCUT2D eigenvalue weighted by atomic mass is 14.9. The minimum absolute atomic E-state index is 0.722. The van der Waals surface area contributed by atoms with E-state index in [0.29, 0.717) is 0 Å². The van der Waals surface area contributed by atoms with Crippen molar-refractivity contribution in [3.05, 3.63) is 158 Å². The van der Waals surface area contributed by atoms with E-state index in [0.717, 1.165) is 33.9 Å². The van der Waals surface area contributed by atoms with Crippen molar-refractivity contribution in [3.8, 4) is 45.0 Å². The first kappa shape index (κ1) is 24.2. The Morgan fingerprint density at radius 3 is 1.24 bits per heavy atom. The Labute approximate surface area is 244 Å². The molecule has 0 aliphatic carbocycles. The molecule has 0 atom stereocenters. The van der Waals surface area contributed by atoms with Crippen LogP contribution in [0.2, 0.25) is 0 Å². The summed E-state index contributed by atoms with van der Waals surface area (Å²) in [7, 11) is 0. The molecule has 7 aromatic carbocycles. The normalized spacial score (nSPS) is 11.3. The van der Waals surface area contributed by atoms with Crippen LogP contribution in [0.25, 0.3) is 77.3 Å². The summed E-state index contributed by atoms with van der Waals surface area (Å²) in [5.41, 5.74) is 7.41. The van der Waals surface area contributed by atoms with Crippen LogP contribution in [0.4, 0.5) is 0 Å². The second kappa shape index (κ2) is 10.1. The minimum Gasteiger partial charge on any atom is -0.228 e. The molecule has 0 saturated carbocycles. The summed E-state index contributed by atoms with van der Waals surface area (Å²) in [5.74, 6) is 0.722. The van der Waals surface area contributed by atoms with Crippen molar-refractivity contribution in [2.45, 2.75) is 0 Å². The highest BCUT2D eigenvalue weighted by Gasteiger charge is 2.14. The van der Waals surface area contributed by atoms with Crippen LogP contribution in [0.1, 0.15) is 0 Å². The van der Waals surface area contributed by atoms with Gasteiger partial charge in [-0.25, -0.2) is 9.97 Å². The Hall–Kier alpha value is -5.60. The van der Waals surface area contributed by atoms with E-state index in [1.807, 2.05) is 12.1 Å². The van der Waals surface area contributed by atoms with Crippen molar-refractivity contribution in [2.24, 2.45) is 0 Å². The lowest BCUT2D eigenvalue weighted by atomic mass is 9.91. The van der Waals surface area contributed by atoms with E-state index in [1.165, 1.54) is 43.4 Å². The minimum atomic E-state index is 0.722. The van der Waals surface area contributed by atoms with Gasteiger partial charge in [-0.2, -0.15) is 0 Å². The van der Waals surface area contributed by atoms with Crippen LogP contribution in [0.5, 0.6) is 0 Å². The molecular weight excluding hydrogens is 508 g/mol. The monoisotopic (exact) mass is 534 g/mol. The van der Waals surface area contributed by atoms with E-state index < -0.39 is 0 Å². The third-order valence-corrected chi connectivity index (χ3v) is 8.07. The summed E-state index contributed by atoms with van der Waals surface area (Å²) in [6.07, 6.45) is 0. The molecule has 0 spiro atoms. The second-order valence-corrected chi connectivity index (χ2v) is 10.6. The molecule has 0 aliphatic rings. The number of aromatic nitrogens is 2. The van der Waals surface area contributed by atoms with Gasteiger partial charge in [0.2, 0.25) is 0 Å². The first-order chi connectivity index (χ1) is 20.8. The molecule has 0 radical (unpaired) electrons. The highest BCUT2D eigenvalue weighted by Crippen LogP contribution is 2.39. The standard InChI is InChI=1S/C40H26N2/c1-4-12-27(13-5-1)30-20-22-34-32-18-10-11-19-33(32)37-25-31(21-23-35(37)36(34)24-30)40-41-38(28-14-6-2-7-15-28)26-39(42-40)29-16-8-3-9-17-29/h1-26H. The maximum atomic E-state index is 5.09. The molecule has 0 amide bonds. The SMILES string of the molecule is c1ccc(-c2ccc3c4ccccc4c4cc(-c5nc(-c6ccccc6)cc(-c6ccccc6)n5)ccc4c3c2)cc1. The smallest absolute Gasteiger partial charge is 0.160 e. The van der Waals surface area contributed by atoms with E-state index in [2.05, 4.69) is 146 Å². The Bertz CT molecular complexity index is 2160. The van der Waals surface area contributed by atoms with E-state index in [-0.39, 0.29) is 0 Å². The van der Waals surface area contributed by atoms with Gasteiger partial charge in [-0.3, -0.25) is 0 Å². The van der Waals surface area contributed by atoms with Crippen LogP contribution >= 0.6 is 0 Å². The van der Waals surface area contributed by atoms with Gasteiger partial charge >= 0.3 is 0 Å². The molecule has 0 aliphatic heterocycles. The lowest BCUT2D eigenvalue weighted by molar-refractivity contribution is 1.18. The fraction of sp³-hybridized carbons (Fsp3) is 0. The van der Waals surface area contributed by atoms with Crippen molar-refractivity contribution in [1.82, 2.24) is 9.97 Å². The molecule has 2 heteroatoms. The summed E-state index contributed by atoms with van der Waals surface area (Å²) in [5, 5.41) is 7.43. The van der Waals surface area contributed by atoms with Crippen LogP contribution in [0.15, 0.2) is 158 Å².